The van der Waals surface area contributed by atoms with E-state index in [1.807, 2.05) is 13.0 Å². The van der Waals surface area contributed by atoms with Crippen molar-refractivity contribution < 1.29 is 4.42 Å². The molecule has 0 N–H and O–H groups in total. The Morgan fingerprint density at radius 3 is 2.50 bits per heavy atom. The molecule has 0 radical (unpaired) electrons. The van der Waals surface area contributed by atoms with E-state index in [2.05, 4.69) is 53.8 Å². The summed E-state index contributed by atoms with van der Waals surface area (Å²) < 4.78 is 5.54. The van der Waals surface area contributed by atoms with E-state index in [-0.39, 0.29) is 27.0 Å². The Labute approximate surface area is 180 Å². The topological polar surface area (TPSA) is 55.1 Å². The number of nitrogens with zero attached hydrogens (tertiary/aromatic N) is 4. The van der Waals surface area contributed by atoms with Crippen LogP contribution >= 0.6 is 27.0 Å². The first-order valence-electron chi connectivity index (χ1n) is 9.40. The van der Waals surface area contributed by atoms with E-state index in [0.29, 0.717) is 23.5 Å². The molecule has 1 aliphatic heterocycles. The van der Waals surface area contributed by atoms with Crippen LogP contribution in [0.1, 0.15) is 47.9 Å². The Hall–Kier alpha value is -1.57. The highest BCUT2D eigenvalue weighted by molar-refractivity contribution is 7.59. The van der Waals surface area contributed by atoms with Crippen LogP contribution in [0.3, 0.4) is 0 Å². The van der Waals surface area contributed by atoms with Crippen molar-refractivity contribution in [1.82, 2.24) is 19.9 Å². The lowest BCUT2D eigenvalue weighted by Crippen LogP contribution is -2.25. The normalized spacial score (nSPS) is 17.9. The maximum atomic E-state index is 5.54. The summed E-state index contributed by atoms with van der Waals surface area (Å²) in [4.78, 5) is 16.1. The van der Waals surface area contributed by atoms with Crippen molar-refractivity contribution in [2.24, 2.45) is 5.92 Å². The molecule has 1 fully saturated rings. The van der Waals surface area contributed by atoms with Gasteiger partial charge >= 0.3 is 0 Å². The Balaban J connectivity index is 0.00000140. The van der Waals surface area contributed by atoms with Gasteiger partial charge in [0.25, 0.3) is 0 Å². The van der Waals surface area contributed by atoms with Crippen LogP contribution in [0.5, 0.6) is 0 Å². The number of likely N-dealkylation sites (tertiary alicyclic amines) is 1. The van der Waals surface area contributed by atoms with E-state index in [4.69, 9.17) is 9.40 Å². The largest absolute Gasteiger partial charge is 0.439 e. The summed E-state index contributed by atoms with van der Waals surface area (Å²) in [5.41, 5.74) is 6.19. The molecule has 0 bridgehead atoms. The van der Waals surface area contributed by atoms with Gasteiger partial charge in [-0.05, 0) is 75.9 Å². The maximum absolute atomic E-state index is 5.54. The van der Waals surface area contributed by atoms with Crippen molar-refractivity contribution in [3.8, 4) is 0 Å². The SMILES string of the molecule is Cc1cc(C[C@H]2CCN([C@@H](C)c3ccc4oc(C)nc4n3)C2)cc(C)n1.S.S. The summed E-state index contributed by atoms with van der Waals surface area (Å²) >= 11 is 0. The molecule has 4 rings (SSSR count). The second kappa shape index (κ2) is 9.29. The Morgan fingerprint density at radius 2 is 1.79 bits per heavy atom. The summed E-state index contributed by atoms with van der Waals surface area (Å²) in [7, 11) is 0. The molecule has 3 aromatic rings. The summed E-state index contributed by atoms with van der Waals surface area (Å²) in [6.45, 7) is 10.5. The minimum atomic E-state index is 0. The minimum absolute atomic E-state index is 0. The number of aromatic nitrogens is 3. The second-order valence-corrected chi connectivity index (χ2v) is 7.58. The van der Waals surface area contributed by atoms with Crippen molar-refractivity contribution in [3.63, 3.8) is 0 Å². The highest BCUT2D eigenvalue weighted by atomic mass is 32.1. The molecule has 7 heteroatoms. The predicted octanol–water partition coefficient (Wildman–Crippen LogP) is 4.39. The van der Waals surface area contributed by atoms with Gasteiger partial charge in [0.1, 0.15) is 0 Å². The third-order valence-corrected chi connectivity index (χ3v) is 5.34. The Morgan fingerprint density at radius 1 is 1.07 bits per heavy atom. The Kier molecular flexibility index (Phi) is 7.53. The van der Waals surface area contributed by atoms with E-state index in [9.17, 15) is 0 Å². The van der Waals surface area contributed by atoms with Gasteiger partial charge in [-0.1, -0.05) is 0 Å². The first-order valence-corrected chi connectivity index (χ1v) is 9.40. The number of hydrogen-bond acceptors (Lipinski definition) is 5. The average Bonchev–Trinajstić information content (AvgIpc) is 3.17. The molecular formula is C21H30N4OS2. The van der Waals surface area contributed by atoms with E-state index in [1.165, 1.54) is 12.0 Å². The molecule has 0 amide bonds. The summed E-state index contributed by atoms with van der Waals surface area (Å²) in [6.07, 6.45) is 2.36. The van der Waals surface area contributed by atoms with Crippen LogP contribution in [0.2, 0.25) is 0 Å². The van der Waals surface area contributed by atoms with Crippen LogP contribution in [0.25, 0.3) is 11.2 Å². The summed E-state index contributed by atoms with van der Waals surface area (Å²) in [5.74, 6) is 1.36. The highest BCUT2D eigenvalue weighted by Gasteiger charge is 2.28. The number of fused-ring (bicyclic) bond motifs is 1. The standard InChI is InChI=1S/C21H26N4O.2H2S/c1-13-9-18(10-14(2)22-13)11-17-7-8-25(12-17)15(3)19-5-6-20-21(24-19)23-16(4)26-20;;/h5-6,9-10,15,17H,7-8,11-12H2,1-4H3;2*1H2/t15-,17+;;/m0../s1. The number of aryl methyl sites for hydroxylation is 3. The molecule has 0 aliphatic carbocycles. The first kappa shape index (κ1) is 22.7. The molecule has 28 heavy (non-hydrogen) atoms. The number of pyridine rings is 2. The average molecular weight is 419 g/mol. The van der Waals surface area contributed by atoms with Gasteiger partial charge in [0.2, 0.25) is 0 Å². The van der Waals surface area contributed by atoms with E-state index >= 15 is 0 Å². The zero-order valence-electron chi connectivity index (χ0n) is 17.0. The lowest BCUT2D eigenvalue weighted by molar-refractivity contribution is 0.248. The number of hydrogen-bond donors (Lipinski definition) is 0. The van der Waals surface area contributed by atoms with Crippen LogP contribution in [-0.4, -0.2) is 32.9 Å². The fourth-order valence-corrected chi connectivity index (χ4v) is 4.11. The lowest BCUT2D eigenvalue weighted by Gasteiger charge is -2.24. The van der Waals surface area contributed by atoms with Gasteiger partial charge in [0, 0.05) is 30.9 Å². The van der Waals surface area contributed by atoms with Crippen molar-refractivity contribution in [1.29, 1.82) is 0 Å². The molecule has 4 heterocycles. The molecule has 152 valence electrons. The van der Waals surface area contributed by atoms with Gasteiger partial charge in [0.05, 0.1) is 5.69 Å². The Bertz CT molecular complexity index is 923. The van der Waals surface area contributed by atoms with Gasteiger partial charge in [-0.3, -0.25) is 9.88 Å². The minimum Gasteiger partial charge on any atom is -0.439 e. The van der Waals surface area contributed by atoms with E-state index in [0.717, 1.165) is 42.2 Å². The monoisotopic (exact) mass is 418 g/mol. The summed E-state index contributed by atoms with van der Waals surface area (Å²) in [5, 5.41) is 0. The highest BCUT2D eigenvalue weighted by Crippen LogP contribution is 2.29. The molecular weight excluding hydrogens is 388 g/mol. The van der Waals surface area contributed by atoms with Crippen LogP contribution in [0, 0.1) is 26.7 Å². The van der Waals surface area contributed by atoms with Crippen molar-refractivity contribution in [2.75, 3.05) is 13.1 Å². The predicted molar refractivity (Wildman–Crippen MR) is 123 cm³/mol. The van der Waals surface area contributed by atoms with Gasteiger partial charge in [0.15, 0.2) is 17.1 Å². The smallest absolute Gasteiger partial charge is 0.199 e. The zero-order valence-corrected chi connectivity index (χ0v) is 19.0. The molecule has 0 aromatic carbocycles. The van der Waals surface area contributed by atoms with Crippen LogP contribution < -0.4 is 0 Å². The summed E-state index contributed by atoms with van der Waals surface area (Å²) in [6, 6.07) is 8.80. The second-order valence-electron chi connectivity index (χ2n) is 7.58. The van der Waals surface area contributed by atoms with Gasteiger partial charge in [-0.2, -0.15) is 32.0 Å². The molecule has 3 aromatic heterocycles. The van der Waals surface area contributed by atoms with E-state index in [1.54, 1.807) is 0 Å². The third kappa shape index (κ3) is 4.88. The number of oxazole rings is 1. The first-order chi connectivity index (χ1) is 12.5. The van der Waals surface area contributed by atoms with Crippen molar-refractivity contribution in [2.45, 2.75) is 46.6 Å². The lowest BCUT2D eigenvalue weighted by atomic mass is 9.98. The van der Waals surface area contributed by atoms with Crippen LogP contribution in [0.4, 0.5) is 0 Å². The fourth-order valence-electron chi connectivity index (χ4n) is 4.11. The third-order valence-electron chi connectivity index (χ3n) is 5.34. The van der Waals surface area contributed by atoms with Crippen molar-refractivity contribution in [3.05, 3.63) is 52.8 Å². The van der Waals surface area contributed by atoms with Gasteiger partial charge < -0.3 is 4.42 Å². The van der Waals surface area contributed by atoms with Gasteiger partial charge in [-0.25, -0.2) is 4.98 Å². The molecule has 0 saturated carbocycles. The number of rotatable bonds is 4. The molecule has 1 aliphatic rings. The van der Waals surface area contributed by atoms with E-state index < -0.39 is 0 Å². The molecule has 1 saturated heterocycles. The van der Waals surface area contributed by atoms with Crippen LogP contribution in [0.15, 0.2) is 28.7 Å². The molecule has 0 unspecified atom stereocenters. The fraction of sp³-hybridized carbons (Fsp3) is 0.476. The zero-order chi connectivity index (χ0) is 18.3. The maximum Gasteiger partial charge on any atom is 0.199 e. The van der Waals surface area contributed by atoms with Crippen LogP contribution in [-0.2, 0) is 6.42 Å². The quantitative estimate of drug-likeness (QED) is 0.629. The molecule has 2 atom stereocenters. The molecule has 5 nitrogen and oxygen atoms in total. The van der Waals surface area contributed by atoms with Gasteiger partial charge in [-0.15, -0.1) is 0 Å². The van der Waals surface area contributed by atoms with Crippen molar-refractivity contribution >= 4 is 38.2 Å². The molecule has 0 spiro atoms.